The summed E-state index contributed by atoms with van der Waals surface area (Å²) < 4.78 is 3.59. The van der Waals surface area contributed by atoms with Crippen molar-refractivity contribution in [3.8, 4) is 0 Å². The molecule has 0 spiro atoms. The second-order valence-electron chi connectivity index (χ2n) is 5.24. The number of nitrogens with zero attached hydrogens (tertiary/aromatic N) is 6. The van der Waals surface area contributed by atoms with E-state index < -0.39 is 0 Å². The molecule has 7 nitrogen and oxygen atoms in total. The van der Waals surface area contributed by atoms with Crippen LogP contribution in [0.2, 0.25) is 0 Å². The van der Waals surface area contributed by atoms with Crippen LogP contribution in [-0.2, 0) is 19.6 Å². The summed E-state index contributed by atoms with van der Waals surface area (Å²) in [6, 6.07) is 0. The largest absolute Gasteiger partial charge is 0.306 e. The summed E-state index contributed by atoms with van der Waals surface area (Å²) in [6.45, 7) is 8.60. The molecule has 2 rings (SSSR count). The lowest BCUT2D eigenvalue weighted by atomic mass is 10.1. The SMILES string of the molecule is CC(C)(C)NCc1cn(CCn2cncn2)nn1. The van der Waals surface area contributed by atoms with Gasteiger partial charge in [-0.1, -0.05) is 5.21 Å². The quantitative estimate of drug-likeness (QED) is 0.833. The van der Waals surface area contributed by atoms with Gasteiger partial charge < -0.3 is 5.32 Å². The van der Waals surface area contributed by atoms with Crippen LogP contribution in [0.1, 0.15) is 26.5 Å². The molecule has 0 aliphatic heterocycles. The van der Waals surface area contributed by atoms with Gasteiger partial charge in [-0.3, -0.25) is 9.36 Å². The molecule has 2 aromatic rings. The van der Waals surface area contributed by atoms with Crippen LogP contribution in [0.15, 0.2) is 18.9 Å². The molecule has 18 heavy (non-hydrogen) atoms. The lowest BCUT2D eigenvalue weighted by Crippen LogP contribution is -2.35. The van der Waals surface area contributed by atoms with E-state index in [2.05, 4.69) is 46.5 Å². The smallest absolute Gasteiger partial charge is 0.137 e. The molecular weight excluding hydrogens is 230 g/mol. The first-order chi connectivity index (χ1) is 8.53. The lowest BCUT2D eigenvalue weighted by molar-refractivity contribution is 0.421. The molecule has 0 aliphatic carbocycles. The Bertz CT molecular complexity index is 466. The average molecular weight is 249 g/mol. The maximum Gasteiger partial charge on any atom is 0.137 e. The maximum atomic E-state index is 4.12. The van der Waals surface area contributed by atoms with Gasteiger partial charge in [0.15, 0.2) is 0 Å². The Hall–Kier alpha value is -1.76. The molecular formula is C11H19N7. The summed E-state index contributed by atoms with van der Waals surface area (Å²) in [5.41, 5.74) is 1.04. The van der Waals surface area contributed by atoms with Crippen molar-refractivity contribution >= 4 is 0 Å². The fourth-order valence-corrected chi connectivity index (χ4v) is 1.44. The first-order valence-electron chi connectivity index (χ1n) is 5.99. The van der Waals surface area contributed by atoms with Gasteiger partial charge in [0.2, 0.25) is 0 Å². The molecule has 0 unspecified atom stereocenters. The fourth-order valence-electron chi connectivity index (χ4n) is 1.44. The molecule has 2 aromatic heterocycles. The number of aryl methyl sites for hydroxylation is 2. The summed E-state index contributed by atoms with van der Waals surface area (Å²) in [4.78, 5) is 3.89. The van der Waals surface area contributed by atoms with Gasteiger partial charge in [0.25, 0.3) is 0 Å². The number of nitrogens with one attached hydrogen (secondary N) is 1. The molecule has 0 saturated heterocycles. The Labute approximate surface area is 106 Å². The van der Waals surface area contributed by atoms with Gasteiger partial charge in [0.05, 0.1) is 18.8 Å². The molecule has 0 saturated carbocycles. The Morgan fingerprint density at radius 3 is 2.67 bits per heavy atom. The summed E-state index contributed by atoms with van der Waals surface area (Å²) in [5.74, 6) is 0. The predicted octanol–water partition coefficient (Wildman–Crippen LogP) is 0.458. The molecule has 0 bridgehead atoms. The van der Waals surface area contributed by atoms with Crippen molar-refractivity contribution in [2.24, 2.45) is 0 Å². The van der Waals surface area contributed by atoms with Crippen LogP contribution >= 0.6 is 0 Å². The Balaban J connectivity index is 1.82. The number of hydrogen-bond acceptors (Lipinski definition) is 5. The average Bonchev–Trinajstić information content (AvgIpc) is 2.94. The Morgan fingerprint density at radius 2 is 2.00 bits per heavy atom. The highest BCUT2D eigenvalue weighted by Crippen LogP contribution is 2.01. The molecule has 0 aliphatic rings. The minimum Gasteiger partial charge on any atom is -0.306 e. The van der Waals surface area contributed by atoms with Crippen molar-refractivity contribution in [1.82, 2.24) is 35.1 Å². The van der Waals surface area contributed by atoms with Gasteiger partial charge in [-0.05, 0) is 20.8 Å². The van der Waals surface area contributed by atoms with E-state index in [0.717, 1.165) is 25.3 Å². The zero-order valence-corrected chi connectivity index (χ0v) is 11.0. The van der Waals surface area contributed by atoms with Crippen molar-refractivity contribution in [3.05, 3.63) is 24.5 Å². The van der Waals surface area contributed by atoms with Gasteiger partial charge in [-0.2, -0.15) is 5.10 Å². The van der Waals surface area contributed by atoms with Crippen LogP contribution in [0.3, 0.4) is 0 Å². The van der Waals surface area contributed by atoms with Crippen LogP contribution in [0.25, 0.3) is 0 Å². The third-order valence-electron chi connectivity index (χ3n) is 2.41. The van der Waals surface area contributed by atoms with Crippen molar-refractivity contribution in [1.29, 1.82) is 0 Å². The molecule has 0 fully saturated rings. The number of aromatic nitrogens is 6. The molecule has 0 radical (unpaired) electrons. The third kappa shape index (κ3) is 3.92. The van der Waals surface area contributed by atoms with Crippen molar-refractivity contribution in [2.75, 3.05) is 0 Å². The van der Waals surface area contributed by atoms with Gasteiger partial charge in [0, 0.05) is 18.3 Å². The molecule has 7 heteroatoms. The van der Waals surface area contributed by atoms with Crippen LogP contribution in [0.5, 0.6) is 0 Å². The van der Waals surface area contributed by atoms with E-state index in [1.807, 2.05) is 10.9 Å². The highest BCUT2D eigenvalue weighted by Gasteiger charge is 2.09. The molecule has 98 valence electrons. The van der Waals surface area contributed by atoms with Gasteiger partial charge in [-0.25, -0.2) is 4.98 Å². The monoisotopic (exact) mass is 249 g/mol. The highest BCUT2D eigenvalue weighted by atomic mass is 15.4. The van der Waals surface area contributed by atoms with E-state index >= 15 is 0 Å². The number of rotatable bonds is 5. The molecule has 0 atom stereocenters. The Morgan fingerprint density at radius 1 is 1.22 bits per heavy atom. The van der Waals surface area contributed by atoms with E-state index in [1.54, 1.807) is 11.0 Å². The van der Waals surface area contributed by atoms with Crippen LogP contribution in [0.4, 0.5) is 0 Å². The minimum atomic E-state index is 0.0878. The first kappa shape index (κ1) is 12.7. The fraction of sp³-hybridized carbons (Fsp3) is 0.636. The maximum absolute atomic E-state index is 4.12. The first-order valence-corrected chi connectivity index (χ1v) is 5.99. The summed E-state index contributed by atoms with van der Waals surface area (Å²) in [5, 5.41) is 15.6. The van der Waals surface area contributed by atoms with Gasteiger partial charge in [-0.15, -0.1) is 5.10 Å². The second kappa shape index (κ2) is 5.26. The van der Waals surface area contributed by atoms with E-state index in [0.29, 0.717) is 0 Å². The van der Waals surface area contributed by atoms with Crippen LogP contribution in [0, 0.1) is 0 Å². The lowest BCUT2D eigenvalue weighted by Gasteiger charge is -2.19. The molecule has 0 aromatic carbocycles. The third-order valence-corrected chi connectivity index (χ3v) is 2.41. The van der Waals surface area contributed by atoms with Gasteiger partial charge in [0.1, 0.15) is 12.7 Å². The summed E-state index contributed by atoms with van der Waals surface area (Å²) in [7, 11) is 0. The number of hydrogen-bond donors (Lipinski definition) is 1. The predicted molar refractivity (Wildman–Crippen MR) is 66.6 cm³/mol. The van der Waals surface area contributed by atoms with Crippen LogP contribution < -0.4 is 5.32 Å². The highest BCUT2D eigenvalue weighted by molar-refractivity contribution is 4.92. The zero-order chi connectivity index (χ0) is 13.0. The Kier molecular flexibility index (Phi) is 3.71. The van der Waals surface area contributed by atoms with Crippen molar-refractivity contribution in [3.63, 3.8) is 0 Å². The zero-order valence-electron chi connectivity index (χ0n) is 11.0. The normalized spacial score (nSPS) is 11.9. The van der Waals surface area contributed by atoms with Crippen LogP contribution in [-0.4, -0.2) is 35.3 Å². The van der Waals surface area contributed by atoms with E-state index in [9.17, 15) is 0 Å². The van der Waals surface area contributed by atoms with Gasteiger partial charge >= 0.3 is 0 Å². The molecule has 1 N–H and O–H groups in total. The second-order valence-corrected chi connectivity index (χ2v) is 5.24. The minimum absolute atomic E-state index is 0.0878. The van der Waals surface area contributed by atoms with Crippen molar-refractivity contribution in [2.45, 2.75) is 45.9 Å². The molecule has 0 amide bonds. The topological polar surface area (TPSA) is 73.5 Å². The molecule has 2 heterocycles. The standard InChI is InChI=1S/C11H19N7/c1-11(2,3)13-6-10-7-17(16-15-10)4-5-18-9-12-8-14-18/h7-9,13H,4-6H2,1-3H3. The van der Waals surface area contributed by atoms with E-state index in [-0.39, 0.29) is 5.54 Å². The summed E-state index contributed by atoms with van der Waals surface area (Å²) >= 11 is 0. The van der Waals surface area contributed by atoms with E-state index in [1.165, 1.54) is 6.33 Å². The van der Waals surface area contributed by atoms with E-state index in [4.69, 9.17) is 0 Å². The summed E-state index contributed by atoms with van der Waals surface area (Å²) in [6.07, 6.45) is 5.18. The van der Waals surface area contributed by atoms with Crippen molar-refractivity contribution < 1.29 is 0 Å².